The number of hydrogen-bond donors (Lipinski definition) is 2. The average Bonchev–Trinajstić information content (AvgIpc) is 3.45. The van der Waals surface area contributed by atoms with Crippen molar-refractivity contribution >= 4 is 54.4 Å². The van der Waals surface area contributed by atoms with Crippen molar-refractivity contribution in [3.63, 3.8) is 0 Å². The molecule has 0 spiro atoms. The number of para-hydroxylation sites is 1. The molecule has 0 saturated carbocycles. The molecule has 8 heteroatoms. The summed E-state index contributed by atoms with van der Waals surface area (Å²) in [5, 5.41) is 5.46. The van der Waals surface area contributed by atoms with Crippen LogP contribution in [0.2, 0.25) is 0 Å². The van der Waals surface area contributed by atoms with Crippen molar-refractivity contribution < 1.29 is 4.79 Å². The molecule has 0 radical (unpaired) electrons. The molecular formula is C25H24N6OS. The molecule has 5 heterocycles. The molecule has 166 valence electrons. The number of pyridine rings is 1. The Bertz CT molecular complexity index is 1450. The van der Waals surface area contributed by atoms with Gasteiger partial charge in [0.2, 0.25) is 5.91 Å². The van der Waals surface area contributed by atoms with E-state index in [4.69, 9.17) is 0 Å². The third-order valence-electron chi connectivity index (χ3n) is 6.54. The minimum absolute atomic E-state index is 0.0469. The maximum atomic E-state index is 12.8. The summed E-state index contributed by atoms with van der Waals surface area (Å²) in [4.78, 5) is 32.9. The average molecular weight is 457 g/mol. The van der Waals surface area contributed by atoms with E-state index in [0.717, 1.165) is 64.1 Å². The summed E-state index contributed by atoms with van der Waals surface area (Å²) in [7, 11) is 0. The van der Waals surface area contributed by atoms with Crippen LogP contribution in [0.3, 0.4) is 0 Å². The zero-order chi connectivity index (χ0) is 22.2. The molecule has 4 aromatic heterocycles. The molecule has 1 saturated heterocycles. The normalized spacial score (nSPS) is 15.0. The van der Waals surface area contributed by atoms with Crippen LogP contribution in [0.15, 0.2) is 55.1 Å². The second-order valence-electron chi connectivity index (χ2n) is 8.50. The number of hydrogen-bond acceptors (Lipinski definition) is 6. The zero-order valence-corrected chi connectivity index (χ0v) is 18.9. The number of thiophene rings is 1. The van der Waals surface area contributed by atoms with E-state index in [0.29, 0.717) is 6.54 Å². The van der Waals surface area contributed by atoms with Gasteiger partial charge in [0.05, 0.1) is 10.2 Å². The molecule has 7 nitrogen and oxygen atoms in total. The van der Waals surface area contributed by atoms with Crippen LogP contribution in [-0.2, 0) is 11.2 Å². The van der Waals surface area contributed by atoms with E-state index in [1.165, 1.54) is 10.9 Å². The Labute approximate surface area is 194 Å². The summed E-state index contributed by atoms with van der Waals surface area (Å²) in [6.07, 6.45) is 7.98. The summed E-state index contributed by atoms with van der Waals surface area (Å²) in [5.74, 6) is 1.17. The molecule has 0 atom stereocenters. The van der Waals surface area contributed by atoms with Crippen molar-refractivity contribution in [2.24, 2.45) is 5.92 Å². The van der Waals surface area contributed by atoms with Crippen molar-refractivity contribution in [2.45, 2.75) is 19.3 Å². The summed E-state index contributed by atoms with van der Waals surface area (Å²) >= 11 is 1.64. The number of carbonyl (C=O) groups excluding carboxylic acids is 1. The highest BCUT2D eigenvalue weighted by molar-refractivity contribution is 7.25. The minimum Gasteiger partial charge on any atom is -0.361 e. The topological polar surface area (TPSA) is 86.8 Å². The van der Waals surface area contributed by atoms with Crippen molar-refractivity contribution in [1.29, 1.82) is 0 Å². The van der Waals surface area contributed by atoms with Gasteiger partial charge < -0.3 is 15.2 Å². The van der Waals surface area contributed by atoms with E-state index in [-0.39, 0.29) is 11.8 Å². The summed E-state index contributed by atoms with van der Waals surface area (Å²) < 4.78 is 1.08. The second-order valence-corrected chi connectivity index (χ2v) is 9.49. The number of nitrogens with one attached hydrogen (secondary N) is 2. The standard InChI is InChI=1S/C25H24N6OS/c32-24(26-11-7-17-14-28-20-6-2-1-4-18(17)20)16-8-12-31(13-9-16)23-22-21(29-15-30-23)19-5-3-10-27-25(19)33-22/h1-6,10,14-16,28H,7-9,11-13H2,(H,26,32). The Morgan fingerprint density at radius 2 is 1.94 bits per heavy atom. The highest BCUT2D eigenvalue weighted by Gasteiger charge is 2.27. The first-order chi connectivity index (χ1) is 16.3. The highest BCUT2D eigenvalue weighted by atomic mass is 32.1. The summed E-state index contributed by atoms with van der Waals surface area (Å²) in [6.45, 7) is 2.28. The highest BCUT2D eigenvalue weighted by Crippen LogP contribution is 2.37. The first kappa shape index (κ1) is 20.1. The van der Waals surface area contributed by atoms with Gasteiger partial charge in [0, 0.05) is 54.2 Å². The largest absolute Gasteiger partial charge is 0.361 e. The Kier molecular flexibility index (Phi) is 5.14. The smallest absolute Gasteiger partial charge is 0.223 e. The van der Waals surface area contributed by atoms with Crippen molar-refractivity contribution in [3.8, 4) is 0 Å². The van der Waals surface area contributed by atoms with Gasteiger partial charge in [0.1, 0.15) is 17.0 Å². The van der Waals surface area contributed by atoms with Gasteiger partial charge in [0.25, 0.3) is 0 Å². The van der Waals surface area contributed by atoms with E-state index in [9.17, 15) is 4.79 Å². The van der Waals surface area contributed by atoms with Crippen molar-refractivity contribution in [3.05, 3.63) is 60.7 Å². The Hall–Kier alpha value is -3.52. The number of piperidine rings is 1. The molecule has 0 aliphatic carbocycles. The van der Waals surface area contributed by atoms with Crippen LogP contribution < -0.4 is 10.2 Å². The Morgan fingerprint density at radius 1 is 1.09 bits per heavy atom. The molecule has 0 unspecified atom stereocenters. The van der Waals surface area contributed by atoms with Crippen LogP contribution in [-0.4, -0.2) is 45.5 Å². The van der Waals surface area contributed by atoms with Gasteiger partial charge in [-0.25, -0.2) is 15.0 Å². The van der Waals surface area contributed by atoms with Gasteiger partial charge in [-0.3, -0.25) is 4.79 Å². The van der Waals surface area contributed by atoms with E-state index in [1.54, 1.807) is 17.7 Å². The SMILES string of the molecule is O=C(NCCc1c[nH]c2ccccc12)C1CCN(c2ncnc3c2sc2ncccc23)CC1. The molecule has 1 aliphatic heterocycles. The maximum absolute atomic E-state index is 12.8. The summed E-state index contributed by atoms with van der Waals surface area (Å²) in [5.41, 5.74) is 3.34. The zero-order valence-electron chi connectivity index (χ0n) is 18.1. The van der Waals surface area contributed by atoms with Crippen LogP contribution in [0.5, 0.6) is 0 Å². The van der Waals surface area contributed by atoms with Gasteiger partial charge in [-0.1, -0.05) is 18.2 Å². The lowest BCUT2D eigenvalue weighted by Crippen LogP contribution is -2.41. The van der Waals surface area contributed by atoms with Gasteiger partial charge in [-0.05, 0) is 43.0 Å². The number of carbonyl (C=O) groups is 1. The van der Waals surface area contributed by atoms with Crippen LogP contribution >= 0.6 is 11.3 Å². The number of rotatable bonds is 5. The number of aromatic nitrogens is 4. The lowest BCUT2D eigenvalue weighted by atomic mass is 9.96. The van der Waals surface area contributed by atoms with Gasteiger partial charge in [0.15, 0.2) is 0 Å². The third-order valence-corrected chi connectivity index (χ3v) is 7.64. The van der Waals surface area contributed by atoms with Gasteiger partial charge >= 0.3 is 0 Å². The number of H-pyrrole nitrogens is 1. The van der Waals surface area contributed by atoms with E-state index >= 15 is 0 Å². The van der Waals surface area contributed by atoms with Crippen LogP contribution in [0.4, 0.5) is 5.82 Å². The Balaban J connectivity index is 1.08. The third kappa shape index (κ3) is 3.70. The summed E-state index contributed by atoms with van der Waals surface area (Å²) in [6, 6.07) is 12.3. The number of aromatic amines is 1. The van der Waals surface area contributed by atoms with E-state index < -0.39 is 0 Å². The van der Waals surface area contributed by atoms with Gasteiger partial charge in [-0.15, -0.1) is 11.3 Å². The lowest BCUT2D eigenvalue weighted by molar-refractivity contribution is -0.125. The molecule has 2 N–H and O–H groups in total. The van der Waals surface area contributed by atoms with Crippen LogP contribution in [0.25, 0.3) is 31.3 Å². The van der Waals surface area contributed by atoms with Gasteiger partial charge in [-0.2, -0.15) is 0 Å². The molecule has 1 amide bonds. The molecule has 0 bridgehead atoms. The molecule has 33 heavy (non-hydrogen) atoms. The predicted octanol–water partition coefficient (Wildman–Crippen LogP) is 4.30. The number of anilines is 1. The quantitative estimate of drug-likeness (QED) is 0.412. The number of fused-ring (bicyclic) bond motifs is 4. The van der Waals surface area contributed by atoms with Crippen molar-refractivity contribution in [2.75, 3.05) is 24.5 Å². The first-order valence-electron chi connectivity index (χ1n) is 11.3. The van der Waals surface area contributed by atoms with Crippen LogP contribution in [0.1, 0.15) is 18.4 Å². The molecule has 1 fully saturated rings. The lowest BCUT2D eigenvalue weighted by Gasteiger charge is -2.32. The molecule has 6 rings (SSSR count). The number of amides is 1. The fourth-order valence-corrected chi connectivity index (χ4v) is 5.90. The number of benzene rings is 1. The fourth-order valence-electron chi connectivity index (χ4n) is 4.78. The molecule has 1 aliphatic rings. The number of nitrogens with zero attached hydrogens (tertiary/aromatic N) is 4. The molecule has 1 aromatic carbocycles. The Morgan fingerprint density at radius 3 is 2.85 bits per heavy atom. The van der Waals surface area contributed by atoms with E-state index in [2.05, 4.69) is 48.4 Å². The molecule has 5 aromatic rings. The van der Waals surface area contributed by atoms with Crippen molar-refractivity contribution in [1.82, 2.24) is 25.3 Å². The molecular weight excluding hydrogens is 432 g/mol. The fraction of sp³-hybridized carbons (Fsp3) is 0.280. The maximum Gasteiger partial charge on any atom is 0.223 e. The van der Waals surface area contributed by atoms with Crippen LogP contribution in [0, 0.1) is 5.92 Å². The van der Waals surface area contributed by atoms with E-state index in [1.807, 2.05) is 30.6 Å². The first-order valence-corrected chi connectivity index (χ1v) is 12.2. The second kappa shape index (κ2) is 8.44. The monoisotopic (exact) mass is 456 g/mol. The predicted molar refractivity (Wildman–Crippen MR) is 133 cm³/mol. The minimum atomic E-state index is 0.0469.